The van der Waals surface area contributed by atoms with E-state index in [4.69, 9.17) is 5.11 Å². The zero-order valence-corrected chi connectivity index (χ0v) is 4.72. The third kappa shape index (κ3) is 5.43. The maximum Gasteiger partial charge on any atom is 0.327 e. The van der Waals surface area contributed by atoms with Crippen molar-refractivity contribution >= 4 is 16.2 Å². The molecule has 0 atom stereocenters. The number of hydrogen-bond acceptors (Lipinski definition) is 1. The molecule has 0 rings (SSSR count). The quantitative estimate of drug-likeness (QED) is 0.410. The second-order valence-corrected chi connectivity index (χ2v) is 1.35. The summed E-state index contributed by atoms with van der Waals surface area (Å²) in [5, 5.41) is 7.94. The maximum atomic E-state index is 9.65. The van der Waals surface area contributed by atoms with Crippen LogP contribution in [0.5, 0.6) is 0 Å². The summed E-state index contributed by atoms with van der Waals surface area (Å²) in [4.78, 5) is 9.65. The van der Waals surface area contributed by atoms with Crippen LogP contribution >= 0.6 is 0 Å². The van der Waals surface area contributed by atoms with Crippen LogP contribution in [0.3, 0.4) is 0 Å². The minimum atomic E-state index is -0.904. The molecule has 0 spiro atoms. The fourth-order valence-corrected chi connectivity index (χ4v) is 0.278. The molecule has 37 valence electrons. The average molecular weight is 113 g/mol. The predicted molar refractivity (Wildman–Crippen MR) is 27.3 cm³/mol. The van der Waals surface area contributed by atoms with E-state index in [2.05, 4.69) is 10.2 Å². The summed E-state index contributed by atoms with van der Waals surface area (Å²) in [7, 11) is 3.07. The van der Waals surface area contributed by atoms with Gasteiger partial charge in [0.2, 0.25) is 0 Å². The van der Waals surface area contributed by atoms with Crippen LogP contribution in [0.1, 0.15) is 0 Å². The van der Waals surface area contributed by atoms with E-state index in [0.717, 1.165) is 6.08 Å². The molecule has 1 N–H and O–H groups in total. The summed E-state index contributed by atoms with van der Waals surface area (Å²) in [6.45, 7) is 0. The highest BCUT2D eigenvalue weighted by molar-refractivity contribution is 6.09. The van der Waals surface area contributed by atoms with Gasteiger partial charge in [0, 0.05) is 16.3 Å². The molecule has 0 aromatic rings. The van der Waals surface area contributed by atoms with Gasteiger partial charge >= 0.3 is 5.97 Å². The lowest BCUT2D eigenvalue weighted by atomic mass is 10.5. The summed E-state index contributed by atoms with van der Waals surface area (Å²) in [5.74, 6) is -0.904. The van der Waals surface area contributed by atoms with Gasteiger partial charge < -0.3 is 5.11 Å². The monoisotopic (exact) mass is 113 g/mol. The molecular weight excluding hydrogens is 108 g/mol. The predicted octanol–water partition coefficient (Wildman–Crippen LogP) is 0.214. The van der Waals surface area contributed by atoms with E-state index in [1.165, 1.54) is 6.08 Å². The van der Waals surface area contributed by atoms with E-state index in [-0.39, 0.29) is 0 Å². The number of rotatable bonds is 2. The van der Waals surface area contributed by atoms with E-state index >= 15 is 0 Å². The van der Waals surface area contributed by atoms with Crippen molar-refractivity contribution < 1.29 is 9.90 Å². The summed E-state index contributed by atoms with van der Waals surface area (Å²) < 4.78 is 0. The highest BCUT2D eigenvalue weighted by Crippen LogP contribution is 1.74. The topological polar surface area (TPSA) is 37.3 Å². The Hall–Kier alpha value is -0.573. The Morgan fingerprint density at radius 1 is 1.86 bits per heavy atom. The van der Waals surface area contributed by atoms with Crippen LogP contribution in [0.2, 0.25) is 6.04 Å². The number of carboxylic acid groups (broad SMARTS) is 1. The van der Waals surface area contributed by atoms with Crippen LogP contribution in [0.25, 0.3) is 0 Å². The van der Waals surface area contributed by atoms with Crippen molar-refractivity contribution in [2.45, 2.75) is 6.04 Å². The molecule has 3 radical (unpaired) electrons. The molecule has 2 nitrogen and oxygen atoms in total. The Morgan fingerprint density at radius 3 is 2.57 bits per heavy atom. The first-order chi connectivity index (χ1) is 3.27. The van der Waals surface area contributed by atoms with Gasteiger partial charge in [-0.1, -0.05) is 6.08 Å². The van der Waals surface area contributed by atoms with E-state index in [9.17, 15) is 4.79 Å². The second-order valence-electron chi connectivity index (χ2n) is 0.945. The Morgan fingerprint density at radius 2 is 2.43 bits per heavy atom. The molecular formula is C4H5O2Si. The lowest BCUT2D eigenvalue weighted by Gasteiger charge is -1.73. The molecule has 0 aromatic carbocycles. The van der Waals surface area contributed by atoms with Crippen molar-refractivity contribution in [1.82, 2.24) is 0 Å². The molecule has 0 aliphatic heterocycles. The Bertz CT molecular complexity index is 87.7. The summed E-state index contributed by atoms with van der Waals surface area (Å²) in [6.07, 6.45) is 2.60. The minimum absolute atomic E-state index is 0.590. The molecule has 0 amide bonds. The fourth-order valence-electron chi connectivity index (χ4n) is 0.160. The third-order valence-electron chi connectivity index (χ3n) is 0.378. The van der Waals surface area contributed by atoms with E-state index in [1.807, 2.05) is 0 Å². The summed E-state index contributed by atoms with van der Waals surface area (Å²) in [6, 6.07) is 0.590. The summed E-state index contributed by atoms with van der Waals surface area (Å²) in [5.41, 5.74) is 0. The van der Waals surface area contributed by atoms with Crippen molar-refractivity contribution in [2.75, 3.05) is 0 Å². The van der Waals surface area contributed by atoms with Crippen molar-refractivity contribution in [3.05, 3.63) is 12.2 Å². The molecule has 0 aliphatic rings. The van der Waals surface area contributed by atoms with Gasteiger partial charge in [-0.15, -0.1) is 0 Å². The van der Waals surface area contributed by atoms with Crippen LogP contribution in [0.15, 0.2) is 12.2 Å². The Kier molecular flexibility index (Phi) is 3.32. The molecule has 0 saturated heterocycles. The fraction of sp³-hybridized carbons (Fsp3) is 0.250. The standard InChI is InChI=1S/C4H5O2Si/c5-4(6)2-1-3-7/h1-2H,3H2,(H,5,6). The van der Waals surface area contributed by atoms with Crippen molar-refractivity contribution in [3.8, 4) is 0 Å². The van der Waals surface area contributed by atoms with Gasteiger partial charge in [0.1, 0.15) is 0 Å². The van der Waals surface area contributed by atoms with Gasteiger partial charge in [0.25, 0.3) is 0 Å². The van der Waals surface area contributed by atoms with E-state index in [1.54, 1.807) is 0 Å². The summed E-state index contributed by atoms with van der Waals surface area (Å²) >= 11 is 0. The lowest BCUT2D eigenvalue weighted by Crippen LogP contribution is -1.84. The van der Waals surface area contributed by atoms with E-state index < -0.39 is 5.97 Å². The van der Waals surface area contributed by atoms with Crippen LogP contribution in [-0.2, 0) is 4.79 Å². The van der Waals surface area contributed by atoms with Crippen LogP contribution in [0, 0.1) is 0 Å². The van der Waals surface area contributed by atoms with Gasteiger partial charge in [0.05, 0.1) is 0 Å². The Balaban J connectivity index is 3.26. The number of allylic oxidation sites excluding steroid dienone is 1. The largest absolute Gasteiger partial charge is 0.478 e. The highest BCUT2D eigenvalue weighted by Gasteiger charge is 1.79. The molecule has 7 heavy (non-hydrogen) atoms. The molecule has 0 aromatic heterocycles. The smallest absolute Gasteiger partial charge is 0.327 e. The number of carbonyl (C=O) groups is 1. The number of aliphatic carboxylic acids is 1. The zero-order chi connectivity index (χ0) is 5.70. The SMILES string of the molecule is O=C(O)C=CC[Si]. The van der Waals surface area contributed by atoms with Gasteiger partial charge in [-0.2, -0.15) is 0 Å². The first-order valence-electron chi connectivity index (χ1n) is 1.81. The van der Waals surface area contributed by atoms with Gasteiger partial charge in [-0.25, -0.2) is 4.79 Å². The van der Waals surface area contributed by atoms with Crippen molar-refractivity contribution in [2.24, 2.45) is 0 Å². The Labute approximate surface area is 45.3 Å². The molecule has 0 aliphatic carbocycles. The zero-order valence-electron chi connectivity index (χ0n) is 3.72. The van der Waals surface area contributed by atoms with Crippen molar-refractivity contribution in [3.63, 3.8) is 0 Å². The maximum absolute atomic E-state index is 9.65. The van der Waals surface area contributed by atoms with Crippen LogP contribution < -0.4 is 0 Å². The molecule has 0 unspecified atom stereocenters. The molecule has 0 bridgehead atoms. The number of carboxylic acids is 1. The minimum Gasteiger partial charge on any atom is -0.478 e. The van der Waals surface area contributed by atoms with Gasteiger partial charge in [-0.05, 0) is 6.04 Å². The molecule has 0 heterocycles. The highest BCUT2D eigenvalue weighted by atomic mass is 28.1. The molecule has 3 heteroatoms. The van der Waals surface area contributed by atoms with Crippen LogP contribution in [-0.4, -0.2) is 21.3 Å². The van der Waals surface area contributed by atoms with Crippen molar-refractivity contribution in [1.29, 1.82) is 0 Å². The lowest BCUT2D eigenvalue weighted by molar-refractivity contribution is -0.131. The van der Waals surface area contributed by atoms with Gasteiger partial charge in [-0.3, -0.25) is 0 Å². The second kappa shape index (κ2) is 3.61. The third-order valence-corrected chi connectivity index (χ3v) is 0.614. The first kappa shape index (κ1) is 6.43. The first-order valence-corrected chi connectivity index (χ1v) is 2.52. The van der Waals surface area contributed by atoms with Gasteiger partial charge in [0.15, 0.2) is 0 Å². The van der Waals surface area contributed by atoms with Crippen LogP contribution in [0.4, 0.5) is 0 Å². The number of hydrogen-bond donors (Lipinski definition) is 1. The molecule has 0 saturated carbocycles. The molecule has 0 fully saturated rings. The van der Waals surface area contributed by atoms with E-state index in [0.29, 0.717) is 6.04 Å². The normalized spacial score (nSPS) is 9.86. The average Bonchev–Trinajstić information content (AvgIpc) is 1.61.